The largest absolute Gasteiger partial charge is 0.379 e. The summed E-state index contributed by atoms with van der Waals surface area (Å²) in [6.07, 6.45) is 1.07. The Morgan fingerprint density at radius 3 is 2.52 bits per heavy atom. The van der Waals surface area contributed by atoms with E-state index in [2.05, 4.69) is 5.32 Å². The van der Waals surface area contributed by atoms with Gasteiger partial charge in [-0.25, -0.2) is 21.1 Å². The number of carbonyl (C=O) groups excluding carboxylic acids is 1. The minimum atomic E-state index is -3.42. The lowest BCUT2D eigenvalue weighted by Gasteiger charge is -2.21. The van der Waals surface area contributed by atoms with Gasteiger partial charge in [0.15, 0.2) is 9.84 Å². The number of ether oxygens (including phenoxy) is 1. The molecule has 0 saturated carbocycles. The lowest BCUT2D eigenvalue weighted by Crippen LogP contribution is -2.43. The first-order valence-corrected chi connectivity index (χ1v) is 11.1. The molecule has 0 unspecified atom stereocenters. The van der Waals surface area contributed by atoms with E-state index in [-0.39, 0.29) is 35.3 Å². The summed E-state index contributed by atoms with van der Waals surface area (Å²) >= 11 is 0. The predicted molar refractivity (Wildman–Crippen MR) is 92.6 cm³/mol. The molecule has 1 fully saturated rings. The maximum atomic E-state index is 12.4. The van der Waals surface area contributed by atoms with Gasteiger partial charge in [0, 0.05) is 31.8 Å². The summed E-state index contributed by atoms with van der Waals surface area (Å²) in [6, 6.07) is 5.25. The van der Waals surface area contributed by atoms with Crippen LogP contribution >= 0.6 is 0 Å². The molecule has 0 aliphatic carbocycles. The number of amides is 1. The molecule has 10 heteroatoms. The standard InChI is InChI=1S/C15H22N2O6S2/c1-17(2)25(21,22)10-12-8-23-9-14(12)16-15(18)11-5-4-6-13(7-11)24(3,19)20/h4-7,12,14H,8-10H2,1-3H3,(H,16,18)/t12-,14-/m0/s1. The Labute approximate surface area is 148 Å². The number of rotatable bonds is 6. The summed E-state index contributed by atoms with van der Waals surface area (Å²) in [7, 11) is -3.93. The van der Waals surface area contributed by atoms with Crippen LogP contribution in [0.5, 0.6) is 0 Å². The van der Waals surface area contributed by atoms with E-state index in [1.54, 1.807) is 0 Å². The molecular weight excluding hydrogens is 368 g/mol. The Hall–Kier alpha value is -1.49. The van der Waals surface area contributed by atoms with Crippen molar-refractivity contribution in [3.8, 4) is 0 Å². The smallest absolute Gasteiger partial charge is 0.251 e. The van der Waals surface area contributed by atoms with Crippen molar-refractivity contribution in [3.05, 3.63) is 29.8 Å². The highest BCUT2D eigenvalue weighted by Gasteiger charge is 2.34. The molecule has 1 aliphatic rings. The van der Waals surface area contributed by atoms with Crippen LogP contribution in [-0.4, -0.2) is 72.4 Å². The quantitative estimate of drug-likeness (QED) is 0.716. The van der Waals surface area contributed by atoms with Crippen LogP contribution in [0, 0.1) is 5.92 Å². The number of nitrogens with zero attached hydrogens (tertiary/aromatic N) is 1. The fourth-order valence-electron chi connectivity index (χ4n) is 2.46. The minimum absolute atomic E-state index is 0.0505. The molecule has 0 radical (unpaired) electrons. The van der Waals surface area contributed by atoms with Gasteiger partial charge >= 0.3 is 0 Å². The Kier molecular flexibility index (Phi) is 5.87. The molecule has 1 N–H and O–H groups in total. The Balaban J connectivity index is 2.12. The topological polar surface area (TPSA) is 110 Å². The third-order valence-electron chi connectivity index (χ3n) is 4.02. The molecule has 0 spiro atoms. The van der Waals surface area contributed by atoms with Crippen molar-refractivity contribution in [1.29, 1.82) is 0 Å². The molecule has 2 atom stereocenters. The van der Waals surface area contributed by atoms with Crippen LogP contribution in [0.2, 0.25) is 0 Å². The van der Waals surface area contributed by atoms with Gasteiger partial charge in [-0.1, -0.05) is 6.07 Å². The van der Waals surface area contributed by atoms with Crippen LogP contribution in [0.15, 0.2) is 29.2 Å². The van der Waals surface area contributed by atoms with Crippen LogP contribution in [0.25, 0.3) is 0 Å². The average molecular weight is 390 g/mol. The molecule has 1 saturated heterocycles. The summed E-state index contributed by atoms with van der Waals surface area (Å²) in [5.74, 6) is -0.961. The van der Waals surface area contributed by atoms with E-state index in [0.29, 0.717) is 0 Å². The molecule has 0 bridgehead atoms. The van der Waals surface area contributed by atoms with Gasteiger partial charge in [-0.3, -0.25) is 4.79 Å². The second kappa shape index (κ2) is 7.40. The Morgan fingerprint density at radius 2 is 1.92 bits per heavy atom. The summed E-state index contributed by atoms with van der Waals surface area (Å²) in [5, 5.41) is 2.74. The number of benzene rings is 1. The molecule has 1 heterocycles. The summed E-state index contributed by atoms with van der Waals surface area (Å²) in [5.41, 5.74) is 0.198. The minimum Gasteiger partial charge on any atom is -0.379 e. The van der Waals surface area contributed by atoms with Crippen molar-refractivity contribution in [1.82, 2.24) is 9.62 Å². The van der Waals surface area contributed by atoms with Crippen LogP contribution in [0.4, 0.5) is 0 Å². The van der Waals surface area contributed by atoms with E-state index in [1.807, 2.05) is 0 Å². The van der Waals surface area contributed by atoms with E-state index in [9.17, 15) is 21.6 Å². The molecular formula is C15H22N2O6S2. The summed E-state index contributed by atoms with van der Waals surface area (Å²) < 4.78 is 53.7. The number of sulfone groups is 1. The highest BCUT2D eigenvalue weighted by molar-refractivity contribution is 7.90. The number of nitrogens with one attached hydrogen (secondary N) is 1. The maximum Gasteiger partial charge on any atom is 0.251 e. The third kappa shape index (κ3) is 5.00. The highest BCUT2D eigenvalue weighted by atomic mass is 32.2. The highest BCUT2D eigenvalue weighted by Crippen LogP contribution is 2.18. The van der Waals surface area contributed by atoms with Crippen molar-refractivity contribution in [3.63, 3.8) is 0 Å². The van der Waals surface area contributed by atoms with Crippen LogP contribution < -0.4 is 5.32 Å². The van der Waals surface area contributed by atoms with Crippen molar-refractivity contribution in [2.24, 2.45) is 5.92 Å². The van der Waals surface area contributed by atoms with E-state index in [1.165, 1.54) is 38.4 Å². The van der Waals surface area contributed by atoms with Crippen LogP contribution in [-0.2, 0) is 24.6 Å². The fraction of sp³-hybridized carbons (Fsp3) is 0.533. The lowest BCUT2D eigenvalue weighted by molar-refractivity contribution is 0.0926. The monoisotopic (exact) mass is 390 g/mol. The number of hydrogen-bond donors (Lipinski definition) is 1. The van der Waals surface area contributed by atoms with Gasteiger partial charge in [0.1, 0.15) is 0 Å². The summed E-state index contributed by atoms with van der Waals surface area (Å²) in [6.45, 7) is 0.451. The van der Waals surface area contributed by atoms with E-state index in [0.717, 1.165) is 10.6 Å². The second-order valence-electron chi connectivity index (χ2n) is 6.24. The van der Waals surface area contributed by atoms with Gasteiger partial charge in [0.25, 0.3) is 5.91 Å². The predicted octanol–water partition coefficient (Wildman–Crippen LogP) is -0.274. The zero-order chi connectivity index (χ0) is 18.8. The van der Waals surface area contributed by atoms with Gasteiger partial charge in [-0.15, -0.1) is 0 Å². The van der Waals surface area contributed by atoms with Gasteiger partial charge in [0.2, 0.25) is 10.0 Å². The lowest BCUT2D eigenvalue weighted by atomic mass is 10.1. The third-order valence-corrected chi connectivity index (χ3v) is 7.09. The molecule has 1 aliphatic heterocycles. The molecule has 1 amide bonds. The molecule has 25 heavy (non-hydrogen) atoms. The molecule has 140 valence electrons. The van der Waals surface area contributed by atoms with Gasteiger partial charge < -0.3 is 10.1 Å². The zero-order valence-electron chi connectivity index (χ0n) is 14.3. The van der Waals surface area contributed by atoms with Crippen molar-refractivity contribution >= 4 is 25.8 Å². The van der Waals surface area contributed by atoms with Gasteiger partial charge in [-0.2, -0.15) is 0 Å². The van der Waals surface area contributed by atoms with Crippen molar-refractivity contribution in [2.45, 2.75) is 10.9 Å². The van der Waals surface area contributed by atoms with E-state index < -0.39 is 31.8 Å². The van der Waals surface area contributed by atoms with Crippen molar-refractivity contribution < 1.29 is 26.4 Å². The SMILES string of the molecule is CN(C)S(=O)(=O)C[C@@H]1COC[C@@H]1NC(=O)c1cccc(S(C)(=O)=O)c1. The van der Waals surface area contributed by atoms with E-state index >= 15 is 0 Å². The molecule has 1 aromatic carbocycles. The first-order valence-electron chi connectivity index (χ1n) is 7.59. The van der Waals surface area contributed by atoms with E-state index in [4.69, 9.17) is 4.74 Å². The molecule has 8 nitrogen and oxygen atoms in total. The van der Waals surface area contributed by atoms with Crippen LogP contribution in [0.3, 0.4) is 0 Å². The molecule has 2 rings (SSSR count). The van der Waals surface area contributed by atoms with Crippen LogP contribution in [0.1, 0.15) is 10.4 Å². The molecule has 1 aromatic rings. The zero-order valence-corrected chi connectivity index (χ0v) is 15.9. The number of hydrogen-bond acceptors (Lipinski definition) is 6. The molecule has 0 aromatic heterocycles. The van der Waals surface area contributed by atoms with Crippen molar-refractivity contribution in [2.75, 3.05) is 39.3 Å². The maximum absolute atomic E-state index is 12.4. The number of sulfonamides is 1. The van der Waals surface area contributed by atoms with Gasteiger partial charge in [0.05, 0.1) is 29.9 Å². The Morgan fingerprint density at radius 1 is 1.24 bits per heavy atom. The average Bonchev–Trinajstić information content (AvgIpc) is 2.92. The normalized spacial score (nSPS) is 21.4. The first kappa shape index (κ1) is 19.8. The number of carbonyl (C=O) groups is 1. The second-order valence-corrected chi connectivity index (χ2v) is 10.5. The fourth-order valence-corrected chi connectivity index (χ4v) is 4.30. The van der Waals surface area contributed by atoms with Gasteiger partial charge in [-0.05, 0) is 18.2 Å². The first-order chi connectivity index (χ1) is 11.5. The summed E-state index contributed by atoms with van der Waals surface area (Å²) in [4.78, 5) is 12.5. The Bertz CT molecular complexity index is 849.